The summed E-state index contributed by atoms with van der Waals surface area (Å²) in [4.78, 5) is 10.7. The Kier molecular flexibility index (Phi) is 5.18. The minimum Gasteiger partial charge on any atom is -0.508 e. The molecule has 19 heavy (non-hydrogen) atoms. The van der Waals surface area contributed by atoms with Crippen LogP contribution < -0.4 is 5.32 Å². The van der Waals surface area contributed by atoms with Crippen molar-refractivity contribution in [3.05, 3.63) is 29.8 Å². The SMILES string of the molecule is CC(C)(C[C@H](CO)Cc1ccc(O)cc1)NC(=O)O. The largest absolute Gasteiger partial charge is 0.508 e. The zero-order valence-corrected chi connectivity index (χ0v) is 11.3. The Morgan fingerprint density at radius 3 is 2.37 bits per heavy atom. The Balaban J connectivity index is 2.63. The molecule has 0 fully saturated rings. The molecule has 0 saturated carbocycles. The van der Waals surface area contributed by atoms with Crippen molar-refractivity contribution < 1.29 is 20.1 Å². The molecule has 1 atom stereocenters. The van der Waals surface area contributed by atoms with Crippen molar-refractivity contribution in [1.29, 1.82) is 0 Å². The van der Waals surface area contributed by atoms with Gasteiger partial charge in [0.05, 0.1) is 0 Å². The lowest BCUT2D eigenvalue weighted by atomic mass is 9.87. The van der Waals surface area contributed by atoms with E-state index < -0.39 is 11.6 Å². The van der Waals surface area contributed by atoms with Crippen molar-refractivity contribution in [2.75, 3.05) is 6.61 Å². The molecule has 0 aromatic heterocycles. The Hall–Kier alpha value is -1.75. The predicted octanol–water partition coefficient (Wildman–Crippen LogP) is 1.98. The normalized spacial score (nSPS) is 13.0. The Bertz CT molecular complexity index is 414. The fourth-order valence-corrected chi connectivity index (χ4v) is 2.23. The molecule has 1 rings (SSSR count). The summed E-state index contributed by atoms with van der Waals surface area (Å²) in [5, 5.41) is 29.8. The molecule has 0 radical (unpaired) electrons. The first-order valence-corrected chi connectivity index (χ1v) is 6.22. The second kappa shape index (κ2) is 6.43. The molecule has 0 heterocycles. The quantitative estimate of drug-likeness (QED) is 0.634. The smallest absolute Gasteiger partial charge is 0.405 e. The summed E-state index contributed by atoms with van der Waals surface area (Å²) in [5.74, 6) is 0.170. The number of hydrogen-bond acceptors (Lipinski definition) is 3. The molecule has 0 saturated heterocycles. The van der Waals surface area contributed by atoms with Gasteiger partial charge in [-0.05, 0) is 50.3 Å². The lowest BCUT2D eigenvalue weighted by Gasteiger charge is -2.29. The van der Waals surface area contributed by atoms with E-state index in [-0.39, 0.29) is 18.3 Å². The topological polar surface area (TPSA) is 89.8 Å². The van der Waals surface area contributed by atoms with Crippen molar-refractivity contribution in [2.45, 2.75) is 32.2 Å². The van der Waals surface area contributed by atoms with Gasteiger partial charge in [-0.3, -0.25) is 0 Å². The van der Waals surface area contributed by atoms with Gasteiger partial charge in [-0.1, -0.05) is 12.1 Å². The number of aliphatic hydroxyl groups is 1. The molecule has 0 spiro atoms. The van der Waals surface area contributed by atoms with Crippen LogP contribution in [0, 0.1) is 5.92 Å². The first kappa shape index (κ1) is 15.3. The number of benzene rings is 1. The van der Waals surface area contributed by atoms with Gasteiger partial charge in [-0.25, -0.2) is 4.79 Å². The van der Waals surface area contributed by atoms with Crippen LogP contribution >= 0.6 is 0 Å². The van der Waals surface area contributed by atoms with Gasteiger partial charge in [0, 0.05) is 12.1 Å². The van der Waals surface area contributed by atoms with Crippen LogP contribution in [0.2, 0.25) is 0 Å². The minimum atomic E-state index is -1.06. The monoisotopic (exact) mass is 267 g/mol. The molecule has 0 aliphatic carbocycles. The zero-order valence-electron chi connectivity index (χ0n) is 11.3. The van der Waals surface area contributed by atoms with Crippen LogP contribution in [0.3, 0.4) is 0 Å². The van der Waals surface area contributed by atoms with Crippen LogP contribution in [-0.4, -0.2) is 33.6 Å². The van der Waals surface area contributed by atoms with Crippen LogP contribution in [0.1, 0.15) is 25.8 Å². The number of nitrogens with one attached hydrogen (secondary N) is 1. The van der Waals surface area contributed by atoms with Crippen LogP contribution in [0.15, 0.2) is 24.3 Å². The van der Waals surface area contributed by atoms with Gasteiger partial charge in [0.25, 0.3) is 0 Å². The van der Waals surface area contributed by atoms with E-state index in [1.54, 1.807) is 38.1 Å². The van der Waals surface area contributed by atoms with Gasteiger partial charge in [0.15, 0.2) is 0 Å². The number of carboxylic acid groups (broad SMARTS) is 1. The van der Waals surface area contributed by atoms with E-state index in [4.69, 9.17) is 5.11 Å². The summed E-state index contributed by atoms with van der Waals surface area (Å²) in [6, 6.07) is 6.81. The van der Waals surface area contributed by atoms with Crippen LogP contribution in [-0.2, 0) is 6.42 Å². The molecule has 5 heteroatoms. The molecule has 0 bridgehead atoms. The molecule has 1 aromatic carbocycles. The van der Waals surface area contributed by atoms with Crippen molar-refractivity contribution in [1.82, 2.24) is 5.32 Å². The lowest BCUT2D eigenvalue weighted by Crippen LogP contribution is -2.44. The van der Waals surface area contributed by atoms with E-state index in [1.807, 2.05) is 0 Å². The number of aliphatic hydroxyl groups excluding tert-OH is 1. The third kappa shape index (κ3) is 5.61. The third-order valence-corrected chi connectivity index (χ3v) is 2.96. The highest BCUT2D eigenvalue weighted by molar-refractivity contribution is 5.65. The van der Waals surface area contributed by atoms with Gasteiger partial charge in [-0.15, -0.1) is 0 Å². The van der Waals surface area contributed by atoms with E-state index in [1.165, 1.54) is 0 Å². The second-order valence-electron chi connectivity index (χ2n) is 5.44. The van der Waals surface area contributed by atoms with E-state index >= 15 is 0 Å². The van der Waals surface area contributed by atoms with Crippen molar-refractivity contribution in [3.63, 3.8) is 0 Å². The number of rotatable bonds is 6. The van der Waals surface area contributed by atoms with E-state index in [9.17, 15) is 15.0 Å². The summed E-state index contributed by atoms with van der Waals surface area (Å²) in [6.07, 6.45) is 0.115. The highest BCUT2D eigenvalue weighted by Gasteiger charge is 2.24. The molecule has 106 valence electrons. The first-order chi connectivity index (χ1) is 8.82. The van der Waals surface area contributed by atoms with Crippen molar-refractivity contribution in [3.8, 4) is 5.75 Å². The summed E-state index contributed by atoms with van der Waals surface area (Å²) < 4.78 is 0. The lowest BCUT2D eigenvalue weighted by molar-refractivity contribution is 0.160. The number of hydrogen-bond donors (Lipinski definition) is 4. The highest BCUT2D eigenvalue weighted by atomic mass is 16.4. The molecule has 4 N–H and O–H groups in total. The van der Waals surface area contributed by atoms with Crippen molar-refractivity contribution >= 4 is 6.09 Å². The van der Waals surface area contributed by atoms with E-state index in [0.29, 0.717) is 12.8 Å². The summed E-state index contributed by atoms with van der Waals surface area (Å²) in [5.41, 5.74) is 0.416. The molecule has 0 aliphatic heterocycles. The average molecular weight is 267 g/mol. The number of aromatic hydroxyl groups is 1. The summed E-state index contributed by atoms with van der Waals surface area (Å²) in [6.45, 7) is 3.58. The molecular formula is C14H21NO4. The number of carbonyl (C=O) groups is 1. The van der Waals surface area contributed by atoms with Gasteiger partial charge < -0.3 is 20.6 Å². The zero-order chi connectivity index (χ0) is 14.5. The molecule has 5 nitrogen and oxygen atoms in total. The maximum absolute atomic E-state index is 10.7. The van der Waals surface area contributed by atoms with Gasteiger partial charge in [0.2, 0.25) is 0 Å². The maximum Gasteiger partial charge on any atom is 0.405 e. The van der Waals surface area contributed by atoms with Gasteiger partial charge in [0.1, 0.15) is 5.75 Å². The summed E-state index contributed by atoms with van der Waals surface area (Å²) in [7, 11) is 0. The highest BCUT2D eigenvalue weighted by Crippen LogP contribution is 2.21. The van der Waals surface area contributed by atoms with Crippen LogP contribution in [0.5, 0.6) is 5.75 Å². The average Bonchev–Trinajstić information content (AvgIpc) is 2.29. The number of phenolic OH excluding ortho intramolecular Hbond substituents is 1. The minimum absolute atomic E-state index is 0.00833. The predicted molar refractivity (Wildman–Crippen MR) is 72.2 cm³/mol. The van der Waals surface area contributed by atoms with Crippen molar-refractivity contribution in [2.24, 2.45) is 5.92 Å². The molecular weight excluding hydrogens is 246 g/mol. The Morgan fingerprint density at radius 1 is 1.32 bits per heavy atom. The molecule has 1 amide bonds. The molecule has 0 aliphatic rings. The van der Waals surface area contributed by atoms with E-state index in [0.717, 1.165) is 5.56 Å². The Labute approximate surface area is 112 Å². The third-order valence-electron chi connectivity index (χ3n) is 2.96. The van der Waals surface area contributed by atoms with E-state index in [2.05, 4.69) is 5.32 Å². The maximum atomic E-state index is 10.7. The molecule has 1 aromatic rings. The van der Waals surface area contributed by atoms with Crippen LogP contribution in [0.4, 0.5) is 4.79 Å². The molecule has 0 unspecified atom stereocenters. The first-order valence-electron chi connectivity index (χ1n) is 6.22. The standard InChI is InChI=1S/C14H21NO4/c1-14(2,15-13(18)19)8-11(9-16)7-10-3-5-12(17)6-4-10/h3-6,11,15-17H,7-9H2,1-2H3,(H,18,19)/t11-/m1/s1. The van der Waals surface area contributed by atoms with Gasteiger partial charge in [-0.2, -0.15) is 0 Å². The fraction of sp³-hybridized carbons (Fsp3) is 0.500. The summed E-state index contributed by atoms with van der Waals surface area (Å²) >= 11 is 0. The Morgan fingerprint density at radius 2 is 1.89 bits per heavy atom. The van der Waals surface area contributed by atoms with Crippen LogP contribution in [0.25, 0.3) is 0 Å². The fourth-order valence-electron chi connectivity index (χ4n) is 2.23. The van der Waals surface area contributed by atoms with Gasteiger partial charge >= 0.3 is 6.09 Å². The number of amides is 1. The number of phenols is 1. The second-order valence-corrected chi connectivity index (χ2v) is 5.44.